The fourth-order valence-corrected chi connectivity index (χ4v) is 5.30. The summed E-state index contributed by atoms with van der Waals surface area (Å²) in [6.45, 7) is 2.53. The molecule has 1 aromatic carbocycles. The molecule has 1 aromatic rings. The molecule has 26 heavy (non-hydrogen) atoms. The molecule has 0 bridgehead atoms. The number of phenolic OH excluding ortho intramolecular Hbond substituents is 1. The third-order valence-corrected chi connectivity index (χ3v) is 6.66. The number of amides is 1. The first-order valence-corrected chi connectivity index (χ1v) is 10.1. The standard InChI is InChI=1S/C21H30N2O3/c24-18-8-6-17(7-9-18)23-13-3-11-21(20(23)26)10-2-12-22(21)15-16-4-1-5-19(25)14-16/h1,4-5,14,17-18,24-25H,2-3,6-13,15H2. The second-order valence-corrected chi connectivity index (χ2v) is 8.29. The van der Waals surface area contributed by atoms with Gasteiger partial charge in [-0.3, -0.25) is 9.69 Å². The predicted molar refractivity (Wildman–Crippen MR) is 99.7 cm³/mol. The van der Waals surface area contributed by atoms with Gasteiger partial charge in [0.2, 0.25) is 5.91 Å². The molecule has 1 atom stereocenters. The van der Waals surface area contributed by atoms with E-state index in [1.54, 1.807) is 12.1 Å². The Hall–Kier alpha value is -1.59. The molecular weight excluding hydrogens is 328 g/mol. The number of aliphatic hydroxyl groups excluding tert-OH is 1. The smallest absolute Gasteiger partial charge is 0.243 e. The molecule has 1 spiro atoms. The molecule has 5 heteroatoms. The van der Waals surface area contributed by atoms with Gasteiger partial charge in [-0.1, -0.05) is 12.1 Å². The highest BCUT2D eigenvalue weighted by Crippen LogP contribution is 2.41. The van der Waals surface area contributed by atoms with Crippen molar-refractivity contribution in [2.75, 3.05) is 13.1 Å². The van der Waals surface area contributed by atoms with Crippen LogP contribution in [0.3, 0.4) is 0 Å². The highest BCUT2D eigenvalue weighted by molar-refractivity contribution is 5.87. The largest absolute Gasteiger partial charge is 0.508 e. The Morgan fingerprint density at radius 3 is 2.54 bits per heavy atom. The van der Waals surface area contributed by atoms with Crippen molar-refractivity contribution in [2.24, 2.45) is 0 Å². The molecule has 1 amide bonds. The average Bonchev–Trinajstić information content (AvgIpc) is 3.02. The van der Waals surface area contributed by atoms with Gasteiger partial charge in [0.15, 0.2) is 0 Å². The van der Waals surface area contributed by atoms with Gasteiger partial charge < -0.3 is 15.1 Å². The van der Waals surface area contributed by atoms with E-state index in [1.807, 2.05) is 12.1 Å². The predicted octanol–water partition coefficient (Wildman–Crippen LogP) is 2.65. The lowest BCUT2D eigenvalue weighted by atomic mass is 9.82. The van der Waals surface area contributed by atoms with Crippen LogP contribution in [-0.2, 0) is 11.3 Å². The van der Waals surface area contributed by atoms with Crippen LogP contribution in [0.4, 0.5) is 0 Å². The van der Waals surface area contributed by atoms with Crippen molar-refractivity contribution in [3.63, 3.8) is 0 Å². The number of carbonyl (C=O) groups excluding carboxylic acids is 1. The lowest BCUT2D eigenvalue weighted by Gasteiger charge is -2.48. The van der Waals surface area contributed by atoms with Crippen LogP contribution >= 0.6 is 0 Å². The van der Waals surface area contributed by atoms with Crippen molar-refractivity contribution in [1.82, 2.24) is 9.80 Å². The summed E-state index contributed by atoms with van der Waals surface area (Å²) >= 11 is 0. The van der Waals surface area contributed by atoms with E-state index in [2.05, 4.69) is 9.80 Å². The van der Waals surface area contributed by atoms with Gasteiger partial charge in [0.1, 0.15) is 11.3 Å². The van der Waals surface area contributed by atoms with Gasteiger partial charge in [-0.25, -0.2) is 0 Å². The topological polar surface area (TPSA) is 64.0 Å². The quantitative estimate of drug-likeness (QED) is 0.872. The monoisotopic (exact) mass is 358 g/mol. The fraction of sp³-hybridized carbons (Fsp3) is 0.667. The van der Waals surface area contributed by atoms with Crippen molar-refractivity contribution in [3.05, 3.63) is 29.8 Å². The number of aromatic hydroxyl groups is 1. The molecule has 0 radical (unpaired) electrons. The minimum absolute atomic E-state index is 0.186. The molecule has 1 aliphatic carbocycles. The molecule has 5 nitrogen and oxygen atoms in total. The van der Waals surface area contributed by atoms with E-state index in [-0.39, 0.29) is 17.4 Å². The van der Waals surface area contributed by atoms with Crippen molar-refractivity contribution in [1.29, 1.82) is 0 Å². The maximum absolute atomic E-state index is 13.6. The average molecular weight is 358 g/mol. The van der Waals surface area contributed by atoms with E-state index >= 15 is 0 Å². The summed E-state index contributed by atoms with van der Waals surface area (Å²) in [4.78, 5) is 18.1. The van der Waals surface area contributed by atoms with Crippen molar-refractivity contribution in [3.8, 4) is 5.75 Å². The van der Waals surface area contributed by atoms with Gasteiger partial charge in [-0.05, 0) is 75.6 Å². The highest BCUT2D eigenvalue weighted by atomic mass is 16.3. The fourth-order valence-electron chi connectivity index (χ4n) is 5.30. The normalized spacial score (nSPS) is 33.1. The number of phenols is 1. The minimum atomic E-state index is -0.361. The minimum Gasteiger partial charge on any atom is -0.508 e. The summed E-state index contributed by atoms with van der Waals surface area (Å²) < 4.78 is 0. The zero-order valence-electron chi connectivity index (χ0n) is 15.4. The molecule has 2 heterocycles. The number of rotatable bonds is 3. The first-order valence-electron chi connectivity index (χ1n) is 10.1. The van der Waals surface area contributed by atoms with E-state index < -0.39 is 0 Å². The van der Waals surface area contributed by atoms with Crippen LogP contribution in [0.5, 0.6) is 5.75 Å². The number of piperidine rings is 1. The van der Waals surface area contributed by atoms with Gasteiger partial charge in [0.05, 0.1) is 6.10 Å². The van der Waals surface area contributed by atoms with Crippen LogP contribution in [0.2, 0.25) is 0 Å². The van der Waals surface area contributed by atoms with Crippen LogP contribution in [-0.4, -0.2) is 56.7 Å². The lowest BCUT2D eigenvalue weighted by molar-refractivity contribution is -0.152. The molecule has 1 saturated carbocycles. The summed E-state index contributed by atoms with van der Waals surface area (Å²) in [5.74, 6) is 0.593. The van der Waals surface area contributed by atoms with Gasteiger partial charge in [0, 0.05) is 19.1 Å². The Kier molecular flexibility index (Phi) is 4.93. The molecule has 2 N–H and O–H groups in total. The number of benzene rings is 1. The summed E-state index contributed by atoms with van der Waals surface area (Å²) in [6, 6.07) is 7.69. The van der Waals surface area contributed by atoms with Crippen LogP contribution in [0.15, 0.2) is 24.3 Å². The Balaban J connectivity index is 1.52. The zero-order chi connectivity index (χ0) is 18.1. The van der Waals surface area contributed by atoms with Crippen LogP contribution in [0, 0.1) is 0 Å². The van der Waals surface area contributed by atoms with Crippen molar-refractivity contribution in [2.45, 2.75) is 75.6 Å². The van der Waals surface area contributed by atoms with Crippen LogP contribution in [0.1, 0.15) is 56.9 Å². The number of hydrogen-bond donors (Lipinski definition) is 2. The highest BCUT2D eigenvalue weighted by Gasteiger charge is 2.51. The molecule has 2 aliphatic heterocycles. The molecule has 142 valence electrons. The molecule has 0 aromatic heterocycles. The SMILES string of the molecule is O=C1N(C2CCC(O)CC2)CCCC12CCCN2Cc1cccc(O)c1. The number of aliphatic hydroxyl groups is 1. The van der Waals surface area contributed by atoms with E-state index in [9.17, 15) is 15.0 Å². The number of carbonyl (C=O) groups is 1. The summed E-state index contributed by atoms with van der Waals surface area (Å²) in [5.41, 5.74) is 0.705. The van der Waals surface area contributed by atoms with E-state index in [1.165, 1.54) is 0 Å². The van der Waals surface area contributed by atoms with Crippen LogP contribution < -0.4 is 0 Å². The third kappa shape index (κ3) is 3.23. The lowest BCUT2D eigenvalue weighted by Crippen LogP contribution is -2.62. The zero-order valence-corrected chi connectivity index (χ0v) is 15.4. The second kappa shape index (κ2) is 7.20. The summed E-state index contributed by atoms with van der Waals surface area (Å²) in [7, 11) is 0. The van der Waals surface area contributed by atoms with Crippen molar-refractivity contribution >= 4 is 5.91 Å². The Morgan fingerprint density at radius 1 is 1.08 bits per heavy atom. The summed E-state index contributed by atoms with van der Waals surface area (Å²) in [5, 5.41) is 19.6. The van der Waals surface area contributed by atoms with E-state index in [4.69, 9.17) is 0 Å². The molecular formula is C21H30N2O3. The van der Waals surface area contributed by atoms with Crippen molar-refractivity contribution < 1.29 is 15.0 Å². The molecule has 2 saturated heterocycles. The first kappa shape index (κ1) is 17.8. The Labute approximate surface area is 155 Å². The third-order valence-electron chi connectivity index (χ3n) is 6.66. The maximum Gasteiger partial charge on any atom is 0.243 e. The van der Waals surface area contributed by atoms with E-state index in [0.29, 0.717) is 11.9 Å². The first-order chi connectivity index (χ1) is 12.6. The molecule has 4 rings (SSSR count). The number of likely N-dealkylation sites (tertiary alicyclic amines) is 2. The number of hydrogen-bond acceptors (Lipinski definition) is 4. The molecule has 3 aliphatic rings. The number of nitrogens with zero attached hydrogens (tertiary/aromatic N) is 2. The van der Waals surface area contributed by atoms with Gasteiger partial charge in [0.25, 0.3) is 0 Å². The Morgan fingerprint density at radius 2 is 1.81 bits per heavy atom. The van der Waals surface area contributed by atoms with Gasteiger partial charge in [-0.2, -0.15) is 0 Å². The van der Waals surface area contributed by atoms with Gasteiger partial charge >= 0.3 is 0 Å². The second-order valence-electron chi connectivity index (χ2n) is 8.29. The molecule has 1 unspecified atom stereocenters. The summed E-state index contributed by atoms with van der Waals surface area (Å²) in [6.07, 6.45) is 7.29. The van der Waals surface area contributed by atoms with Crippen LogP contribution in [0.25, 0.3) is 0 Å². The van der Waals surface area contributed by atoms with Gasteiger partial charge in [-0.15, -0.1) is 0 Å². The maximum atomic E-state index is 13.6. The van der Waals surface area contributed by atoms with E-state index in [0.717, 1.165) is 76.6 Å². The molecule has 3 fully saturated rings. The Bertz CT molecular complexity index is 656.